The van der Waals surface area contributed by atoms with E-state index in [1.54, 1.807) is 0 Å². The van der Waals surface area contributed by atoms with Crippen molar-refractivity contribution in [1.29, 1.82) is 0 Å². The molecule has 0 aliphatic carbocycles. The molecular formula is C14H20N2OS. The van der Waals surface area contributed by atoms with E-state index in [1.807, 2.05) is 36.0 Å². The van der Waals surface area contributed by atoms with Crippen LogP contribution in [0.2, 0.25) is 0 Å². The second-order valence-electron chi connectivity index (χ2n) is 4.78. The monoisotopic (exact) mass is 264 g/mol. The minimum atomic E-state index is 0.161. The number of hydrogen-bond acceptors (Lipinski definition) is 3. The molecule has 1 aliphatic rings. The summed E-state index contributed by atoms with van der Waals surface area (Å²) in [4.78, 5) is 11.8. The molecule has 2 rings (SSSR count). The van der Waals surface area contributed by atoms with Crippen molar-refractivity contribution in [1.82, 2.24) is 5.32 Å². The fourth-order valence-corrected chi connectivity index (χ4v) is 3.39. The zero-order valence-electron chi connectivity index (χ0n) is 10.5. The highest BCUT2D eigenvalue weighted by Crippen LogP contribution is 2.25. The molecule has 0 aromatic heterocycles. The number of nitrogens with one attached hydrogen (secondary N) is 1. The summed E-state index contributed by atoms with van der Waals surface area (Å²) in [6.45, 7) is 0.575. The van der Waals surface area contributed by atoms with Crippen LogP contribution in [0.4, 0.5) is 5.69 Å². The molecular weight excluding hydrogens is 244 g/mol. The number of hydrogen-bond donors (Lipinski definition) is 2. The second kappa shape index (κ2) is 6.69. The molecule has 18 heavy (non-hydrogen) atoms. The Morgan fingerprint density at radius 3 is 2.89 bits per heavy atom. The van der Waals surface area contributed by atoms with E-state index < -0.39 is 0 Å². The van der Waals surface area contributed by atoms with Gasteiger partial charge in [-0.05, 0) is 48.0 Å². The van der Waals surface area contributed by atoms with Crippen molar-refractivity contribution < 1.29 is 4.79 Å². The molecule has 1 amide bonds. The molecule has 0 spiro atoms. The Balaban J connectivity index is 1.74. The summed E-state index contributed by atoms with van der Waals surface area (Å²) in [6, 6.07) is 7.64. The summed E-state index contributed by atoms with van der Waals surface area (Å²) in [7, 11) is 0. The van der Waals surface area contributed by atoms with E-state index in [1.165, 1.54) is 24.3 Å². The first-order chi connectivity index (χ1) is 8.74. The topological polar surface area (TPSA) is 55.1 Å². The fraction of sp³-hybridized carbons (Fsp3) is 0.500. The first-order valence-corrected chi connectivity index (χ1v) is 7.58. The molecule has 98 valence electrons. The van der Waals surface area contributed by atoms with Crippen LogP contribution in [0, 0.1) is 5.92 Å². The number of thioether (sulfide) groups is 1. The molecule has 1 aliphatic heterocycles. The minimum Gasteiger partial charge on any atom is -0.399 e. The summed E-state index contributed by atoms with van der Waals surface area (Å²) >= 11 is 1.99. The first-order valence-electron chi connectivity index (χ1n) is 6.43. The molecule has 0 unspecified atom stereocenters. The Kier molecular flexibility index (Phi) is 4.93. The van der Waals surface area contributed by atoms with Gasteiger partial charge >= 0.3 is 0 Å². The fourth-order valence-electron chi connectivity index (χ4n) is 2.19. The molecule has 1 fully saturated rings. The zero-order chi connectivity index (χ0) is 12.8. The molecule has 0 atom stereocenters. The van der Waals surface area contributed by atoms with E-state index in [2.05, 4.69) is 5.32 Å². The van der Waals surface area contributed by atoms with Crippen molar-refractivity contribution in [3.8, 4) is 0 Å². The van der Waals surface area contributed by atoms with Gasteiger partial charge in [0.05, 0.1) is 0 Å². The molecule has 0 radical (unpaired) electrons. The predicted molar refractivity (Wildman–Crippen MR) is 77.4 cm³/mol. The molecule has 1 saturated heterocycles. The zero-order valence-corrected chi connectivity index (χ0v) is 11.3. The van der Waals surface area contributed by atoms with Crippen molar-refractivity contribution in [2.24, 2.45) is 5.92 Å². The molecule has 1 heterocycles. The number of benzene rings is 1. The van der Waals surface area contributed by atoms with E-state index in [4.69, 9.17) is 5.73 Å². The maximum atomic E-state index is 11.8. The van der Waals surface area contributed by atoms with E-state index >= 15 is 0 Å². The Labute approximate surface area is 113 Å². The van der Waals surface area contributed by atoms with Gasteiger partial charge in [-0.3, -0.25) is 4.79 Å². The lowest BCUT2D eigenvalue weighted by Crippen LogP contribution is -2.26. The first kappa shape index (κ1) is 13.3. The van der Waals surface area contributed by atoms with Crippen molar-refractivity contribution in [2.45, 2.75) is 25.8 Å². The maximum Gasteiger partial charge on any atom is 0.220 e. The number of rotatable bonds is 4. The lowest BCUT2D eigenvalue weighted by molar-refractivity contribution is -0.122. The smallest absolute Gasteiger partial charge is 0.220 e. The van der Waals surface area contributed by atoms with E-state index in [9.17, 15) is 4.79 Å². The van der Waals surface area contributed by atoms with Gasteiger partial charge in [0.25, 0.3) is 0 Å². The van der Waals surface area contributed by atoms with Crippen molar-refractivity contribution in [3.63, 3.8) is 0 Å². The highest BCUT2D eigenvalue weighted by Gasteiger charge is 2.16. The summed E-state index contributed by atoms with van der Waals surface area (Å²) in [6.07, 6.45) is 3.02. The molecule has 3 nitrogen and oxygen atoms in total. The number of carbonyl (C=O) groups is 1. The lowest BCUT2D eigenvalue weighted by atomic mass is 9.98. The van der Waals surface area contributed by atoms with E-state index in [0.717, 1.165) is 11.3 Å². The summed E-state index contributed by atoms with van der Waals surface area (Å²) < 4.78 is 0. The van der Waals surface area contributed by atoms with E-state index in [0.29, 0.717) is 18.9 Å². The van der Waals surface area contributed by atoms with Crippen LogP contribution in [0.3, 0.4) is 0 Å². The average molecular weight is 264 g/mol. The van der Waals surface area contributed by atoms with Crippen LogP contribution in [-0.4, -0.2) is 17.4 Å². The number of carbonyl (C=O) groups excluding carboxylic acids is 1. The van der Waals surface area contributed by atoms with Crippen molar-refractivity contribution in [3.05, 3.63) is 29.8 Å². The van der Waals surface area contributed by atoms with Gasteiger partial charge in [0, 0.05) is 18.7 Å². The molecule has 0 saturated carbocycles. The third-order valence-corrected chi connectivity index (χ3v) is 4.30. The molecule has 3 N–H and O–H groups in total. The quantitative estimate of drug-likeness (QED) is 0.821. The van der Waals surface area contributed by atoms with Crippen LogP contribution in [0.25, 0.3) is 0 Å². The van der Waals surface area contributed by atoms with Crippen LogP contribution >= 0.6 is 11.8 Å². The summed E-state index contributed by atoms with van der Waals surface area (Å²) in [5.74, 6) is 3.14. The molecule has 0 bridgehead atoms. The van der Waals surface area contributed by atoms with Crippen LogP contribution in [0.5, 0.6) is 0 Å². The SMILES string of the molecule is Nc1cccc(CNC(=O)CC2CCSCC2)c1. The number of amides is 1. The van der Waals surface area contributed by atoms with Crippen LogP contribution in [-0.2, 0) is 11.3 Å². The van der Waals surface area contributed by atoms with Gasteiger partial charge in [-0.1, -0.05) is 12.1 Å². The largest absolute Gasteiger partial charge is 0.399 e. The van der Waals surface area contributed by atoms with Crippen LogP contribution in [0.15, 0.2) is 24.3 Å². The Morgan fingerprint density at radius 2 is 2.17 bits per heavy atom. The summed E-state index contributed by atoms with van der Waals surface area (Å²) in [5.41, 5.74) is 7.50. The maximum absolute atomic E-state index is 11.8. The van der Waals surface area contributed by atoms with Gasteiger partial charge in [0.1, 0.15) is 0 Å². The van der Waals surface area contributed by atoms with Crippen molar-refractivity contribution in [2.75, 3.05) is 17.2 Å². The Hall–Kier alpha value is -1.16. The van der Waals surface area contributed by atoms with Crippen LogP contribution < -0.4 is 11.1 Å². The number of anilines is 1. The van der Waals surface area contributed by atoms with Gasteiger partial charge in [0.2, 0.25) is 5.91 Å². The standard InChI is InChI=1S/C14H20N2OS/c15-13-3-1-2-12(8-13)10-16-14(17)9-11-4-6-18-7-5-11/h1-3,8,11H,4-7,9-10,15H2,(H,16,17). The second-order valence-corrected chi connectivity index (χ2v) is 6.01. The highest BCUT2D eigenvalue weighted by atomic mass is 32.2. The van der Waals surface area contributed by atoms with Gasteiger partial charge in [-0.15, -0.1) is 0 Å². The van der Waals surface area contributed by atoms with Gasteiger partial charge < -0.3 is 11.1 Å². The third-order valence-electron chi connectivity index (χ3n) is 3.26. The van der Waals surface area contributed by atoms with Gasteiger partial charge in [-0.25, -0.2) is 0 Å². The van der Waals surface area contributed by atoms with Gasteiger partial charge in [-0.2, -0.15) is 11.8 Å². The highest BCUT2D eigenvalue weighted by molar-refractivity contribution is 7.99. The van der Waals surface area contributed by atoms with E-state index in [-0.39, 0.29) is 5.91 Å². The number of nitrogens with two attached hydrogens (primary N) is 1. The molecule has 1 aromatic rings. The third kappa shape index (κ3) is 4.26. The summed E-state index contributed by atoms with van der Waals surface area (Å²) in [5, 5.41) is 2.97. The molecule has 1 aromatic carbocycles. The normalized spacial score (nSPS) is 16.4. The minimum absolute atomic E-state index is 0.161. The number of nitrogen functional groups attached to an aromatic ring is 1. The van der Waals surface area contributed by atoms with Crippen LogP contribution in [0.1, 0.15) is 24.8 Å². The van der Waals surface area contributed by atoms with Gasteiger partial charge in [0.15, 0.2) is 0 Å². The Morgan fingerprint density at radius 1 is 1.39 bits per heavy atom. The average Bonchev–Trinajstić information content (AvgIpc) is 2.38. The Bertz CT molecular complexity index is 403. The molecule has 4 heteroatoms. The van der Waals surface area contributed by atoms with Crippen molar-refractivity contribution >= 4 is 23.4 Å². The predicted octanol–water partition coefficient (Wildman–Crippen LogP) is 2.42. The lowest BCUT2D eigenvalue weighted by Gasteiger charge is -2.20.